The molecule has 0 aliphatic carbocycles. The van der Waals surface area contributed by atoms with Crippen LogP contribution in [0.1, 0.15) is 12.1 Å². The van der Waals surface area contributed by atoms with Gasteiger partial charge in [0.1, 0.15) is 0 Å². The number of anilines is 1. The largest absolute Gasteiger partial charge is 0.323 e. The fraction of sp³-hybridized carbons (Fsp3) is 0.231. The topological polar surface area (TPSA) is 46.9 Å². The molecule has 0 atom stereocenters. The lowest BCUT2D eigenvalue weighted by Crippen LogP contribution is -2.16. The molecular weight excluding hydrogens is 285 g/mol. The van der Waals surface area contributed by atoms with Crippen molar-refractivity contribution in [1.29, 1.82) is 0 Å². The van der Waals surface area contributed by atoms with E-state index in [0.29, 0.717) is 28.7 Å². The van der Waals surface area contributed by atoms with Crippen molar-refractivity contribution >= 4 is 34.8 Å². The van der Waals surface area contributed by atoms with E-state index in [-0.39, 0.29) is 5.91 Å². The molecule has 4 nitrogen and oxygen atoms in total. The van der Waals surface area contributed by atoms with E-state index in [0.717, 1.165) is 5.69 Å². The van der Waals surface area contributed by atoms with E-state index in [9.17, 15) is 4.79 Å². The molecule has 1 N–H and O–H groups in total. The Morgan fingerprint density at radius 3 is 2.58 bits per heavy atom. The summed E-state index contributed by atoms with van der Waals surface area (Å²) in [6.45, 7) is 2.46. The van der Waals surface area contributed by atoms with Crippen LogP contribution in [0, 0.1) is 6.92 Å². The normalized spacial score (nSPS) is 10.5. The number of amides is 1. The minimum Gasteiger partial charge on any atom is -0.323 e. The smallest absolute Gasteiger partial charge is 0.226 e. The van der Waals surface area contributed by atoms with Crippen molar-refractivity contribution in [2.75, 3.05) is 5.32 Å². The third kappa shape index (κ3) is 3.49. The van der Waals surface area contributed by atoms with E-state index in [1.807, 2.05) is 13.0 Å². The predicted octanol–water partition coefficient (Wildman–Crippen LogP) is 3.53. The summed E-state index contributed by atoms with van der Waals surface area (Å²) in [7, 11) is 0. The van der Waals surface area contributed by atoms with Crippen molar-refractivity contribution in [2.45, 2.75) is 19.9 Å². The number of hydrogen-bond acceptors (Lipinski definition) is 2. The van der Waals surface area contributed by atoms with Gasteiger partial charge < -0.3 is 5.32 Å². The Balaban J connectivity index is 1.97. The second-order valence-electron chi connectivity index (χ2n) is 4.09. The zero-order chi connectivity index (χ0) is 13.8. The van der Waals surface area contributed by atoms with E-state index < -0.39 is 0 Å². The van der Waals surface area contributed by atoms with Crippen LogP contribution in [0.15, 0.2) is 30.5 Å². The highest BCUT2D eigenvalue weighted by Crippen LogP contribution is 2.29. The Bertz CT molecular complexity index is 575. The fourth-order valence-corrected chi connectivity index (χ4v) is 2.15. The van der Waals surface area contributed by atoms with Crippen molar-refractivity contribution < 1.29 is 4.79 Å². The van der Waals surface area contributed by atoms with Gasteiger partial charge in [-0.15, -0.1) is 0 Å². The molecular formula is C13H13Cl2N3O. The lowest BCUT2D eigenvalue weighted by Gasteiger charge is -2.09. The van der Waals surface area contributed by atoms with Crippen molar-refractivity contribution in [3.8, 4) is 0 Å². The first-order chi connectivity index (χ1) is 9.08. The summed E-state index contributed by atoms with van der Waals surface area (Å²) in [5.74, 6) is -0.148. The second kappa shape index (κ2) is 6.08. The third-order valence-electron chi connectivity index (χ3n) is 2.71. The van der Waals surface area contributed by atoms with Crippen LogP contribution < -0.4 is 5.32 Å². The fourth-order valence-electron chi connectivity index (χ4n) is 1.66. The summed E-state index contributed by atoms with van der Waals surface area (Å²) in [6, 6.07) is 6.98. The number of aromatic nitrogens is 2. The maximum absolute atomic E-state index is 11.9. The maximum Gasteiger partial charge on any atom is 0.226 e. The molecule has 0 unspecified atom stereocenters. The molecule has 0 fully saturated rings. The van der Waals surface area contributed by atoms with Gasteiger partial charge in [0.05, 0.1) is 15.7 Å². The Kier molecular flexibility index (Phi) is 4.45. The molecule has 0 radical (unpaired) electrons. The molecule has 0 bridgehead atoms. The molecule has 1 amide bonds. The monoisotopic (exact) mass is 297 g/mol. The number of rotatable bonds is 4. The third-order valence-corrected chi connectivity index (χ3v) is 3.34. The van der Waals surface area contributed by atoms with Crippen molar-refractivity contribution in [3.63, 3.8) is 0 Å². The number of nitrogens with one attached hydrogen (secondary N) is 1. The van der Waals surface area contributed by atoms with Gasteiger partial charge in [-0.1, -0.05) is 29.3 Å². The van der Waals surface area contributed by atoms with Crippen LogP contribution in [0.4, 0.5) is 5.69 Å². The van der Waals surface area contributed by atoms with Crippen LogP contribution in [0.3, 0.4) is 0 Å². The van der Waals surface area contributed by atoms with E-state index in [1.54, 1.807) is 29.1 Å². The summed E-state index contributed by atoms with van der Waals surface area (Å²) in [4.78, 5) is 11.9. The van der Waals surface area contributed by atoms with Crippen LogP contribution in [-0.4, -0.2) is 15.7 Å². The molecule has 0 aliphatic heterocycles. The van der Waals surface area contributed by atoms with E-state index in [1.165, 1.54) is 0 Å². The first-order valence-corrected chi connectivity index (χ1v) is 6.56. The van der Waals surface area contributed by atoms with E-state index in [4.69, 9.17) is 23.2 Å². The number of nitrogens with zero attached hydrogens (tertiary/aromatic N) is 2. The number of benzene rings is 1. The first-order valence-electron chi connectivity index (χ1n) is 5.80. The molecule has 0 spiro atoms. The van der Waals surface area contributed by atoms with Crippen molar-refractivity contribution in [2.24, 2.45) is 0 Å². The maximum atomic E-state index is 11.9. The van der Waals surface area contributed by atoms with Gasteiger partial charge in [-0.05, 0) is 25.1 Å². The minimum absolute atomic E-state index is 0.148. The minimum atomic E-state index is -0.148. The molecule has 1 aromatic carbocycles. The molecule has 0 aliphatic rings. The number of aryl methyl sites for hydroxylation is 2. The quantitative estimate of drug-likeness (QED) is 0.938. The highest BCUT2D eigenvalue weighted by Gasteiger charge is 2.10. The average molecular weight is 298 g/mol. The van der Waals surface area contributed by atoms with Gasteiger partial charge in [0.25, 0.3) is 0 Å². The molecule has 6 heteroatoms. The average Bonchev–Trinajstić information content (AvgIpc) is 2.77. The van der Waals surface area contributed by atoms with Gasteiger partial charge in [-0.3, -0.25) is 9.48 Å². The summed E-state index contributed by atoms with van der Waals surface area (Å²) in [6.07, 6.45) is 2.02. The SMILES string of the molecule is Cc1ccnn1CCC(=O)Nc1c(Cl)cccc1Cl. The van der Waals surface area contributed by atoms with Gasteiger partial charge >= 0.3 is 0 Å². The van der Waals surface area contributed by atoms with E-state index >= 15 is 0 Å². The zero-order valence-corrected chi connectivity index (χ0v) is 11.9. The summed E-state index contributed by atoms with van der Waals surface area (Å²) >= 11 is 12.0. The molecule has 1 heterocycles. The molecule has 19 heavy (non-hydrogen) atoms. The standard InChI is InChI=1S/C13H13Cl2N3O/c1-9-5-7-16-18(9)8-6-12(19)17-13-10(14)3-2-4-11(13)15/h2-5,7H,6,8H2,1H3,(H,17,19). The molecule has 2 rings (SSSR count). The van der Waals surface area contributed by atoms with Crippen molar-refractivity contribution in [3.05, 3.63) is 46.2 Å². The highest BCUT2D eigenvalue weighted by atomic mass is 35.5. The van der Waals surface area contributed by atoms with Crippen LogP contribution >= 0.6 is 23.2 Å². The molecule has 1 aromatic heterocycles. The summed E-state index contributed by atoms with van der Waals surface area (Å²) < 4.78 is 1.77. The second-order valence-corrected chi connectivity index (χ2v) is 4.90. The predicted molar refractivity (Wildman–Crippen MR) is 76.7 cm³/mol. The van der Waals surface area contributed by atoms with Gasteiger partial charge in [0.2, 0.25) is 5.91 Å². The highest BCUT2D eigenvalue weighted by molar-refractivity contribution is 6.39. The summed E-state index contributed by atoms with van der Waals surface area (Å²) in [5.41, 5.74) is 1.47. The Labute approximate surface area is 121 Å². The number of carbonyl (C=O) groups excluding carboxylic acids is 1. The molecule has 0 saturated heterocycles. The number of para-hydroxylation sites is 1. The van der Waals surface area contributed by atoms with Crippen LogP contribution in [0.25, 0.3) is 0 Å². The first kappa shape index (κ1) is 13.9. The molecule has 100 valence electrons. The number of hydrogen-bond donors (Lipinski definition) is 1. The zero-order valence-electron chi connectivity index (χ0n) is 10.4. The van der Waals surface area contributed by atoms with Crippen molar-refractivity contribution in [1.82, 2.24) is 9.78 Å². The number of halogens is 2. The van der Waals surface area contributed by atoms with Crippen LogP contribution in [0.2, 0.25) is 10.0 Å². The summed E-state index contributed by atoms with van der Waals surface area (Å²) in [5, 5.41) is 7.68. The molecule has 2 aromatic rings. The van der Waals surface area contributed by atoms with Gasteiger partial charge in [-0.25, -0.2) is 0 Å². The van der Waals surface area contributed by atoms with E-state index in [2.05, 4.69) is 10.4 Å². The lowest BCUT2D eigenvalue weighted by atomic mass is 10.3. The van der Waals surface area contributed by atoms with Gasteiger partial charge in [0.15, 0.2) is 0 Å². The van der Waals surface area contributed by atoms with Crippen LogP contribution in [0.5, 0.6) is 0 Å². The Morgan fingerprint density at radius 1 is 1.32 bits per heavy atom. The van der Waals surface area contributed by atoms with Crippen LogP contribution in [-0.2, 0) is 11.3 Å². The van der Waals surface area contributed by atoms with Gasteiger partial charge in [0, 0.05) is 24.9 Å². The lowest BCUT2D eigenvalue weighted by molar-refractivity contribution is -0.116. The molecule has 0 saturated carbocycles. The number of carbonyl (C=O) groups is 1. The Morgan fingerprint density at radius 2 is 2.00 bits per heavy atom. The Hall–Kier alpha value is -1.52. The van der Waals surface area contributed by atoms with Gasteiger partial charge in [-0.2, -0.15) is 5.10 Å².